The zero-order chi connectivity index (χ0) is 32.2. The SMILES string of the molecule is Cc1ccc(S(=O)(=O)N[C@H](CO)[C@H]2[C@@H]3C(=O)OC[C@@H]3[C@@H](I)[C@@]23CN(CC[Si](C)(C)C)C(=O)N3Cc2ccc(C)cc2C)cc1. The molecule has 12 heteroatoms. The van der Waals surface area contributed by atoms with Gasteiger partial charge in [-0.15, -0.1) is 0 Å². The molecule has 2 amide bonds. The number of aliphatic hydroxyl groups is 1. The second-order valence-electron chi connectivity index (χ2n) is 14.0. The highest BCUT2D eigenvalue weighted by Crippen LogP contribution is 2.58. The van der Waals surface area contributed by atoms with Crippen molar-refractivity contribution in [1.29, 1.82) is 0 Å². The lowest BCUT2D eigenvalue weighted by Crippen LogP contribution is -2.62. The minimum Gasteiger partial charge on any atom is -0.465 e. The van der Waals surface area contributed by atoms with Crippen molar-refractivity contribution < 1.29 is 27.9 Å². The van der Waals surface area contributed by atoms with E-state index in [2.05, 4.69) is 53.0 Å². The molecule has 3 aliphatic rings. The van der Waals surface area contributed by atoms with Crippen LogP contribution in [0.25, 0.3) is 0 Å². The first kappa shape index (κ1) is 33.4. The second-order valence-corrected chi connectivity index (χ2v) is 22.7. The van der Waals surface area contributed by atoms with Gasteiger partial charge in [0.1, 0.15) is 0 Å². The van der Waals surface area contributed by atoms with Crippen LogP contribution in [0.5, 0.6) is 0 Å². The van der Waals surface area contributed by atoms with Crippen LogP contribution in [0.4, 0.5) is 4.79 Å². The summed E-state index contributed by atoms with van der Waals surface area (Å²) in [6.07, 6.45) is 0. The number of halogens is 1. The number of carbonyl (C=O) groups excluding carboxylic acids is 2. The summed E-state index contributed by atoms with van der Waals surface area (Å²) >= 11 is 2.36. The van der Waals surface area contributed by atoms with E-state index in [1.807, 2.05) is 42.7 Å². The average Bonchev–Trinajstić information content (AvgIpc) is 3.53. The van der Waals surface area contributed by atoms with E-state index in [1.54, 1.807) is 12.1 Å². The van der Waals surface area contributed by atoms with Crippen LogP contribution < -0.4 is 4.72 Å². The Morgan fingerprint density at radius 2 is 1.75 bits per heavy atom. The Kier molecular flexibility index (Phi) is 9.33. The molecular weight excluding hydrogens is 709 g/mol. The Hall–Kier alpha value is -2.00. The van der Waals surface area contributed by atoms with Crippen molar-refractivity contribution in [3.63, 3.8) is 0 Å². The van der Waals surface area contributed by atoms with Crippen molar-refractivity contribution in [2.75, 3.05) is 26.3 Å². The van der Waals surface area contributed by atoms with Gasteiger partial charge in [-0.3, -0.25) is 4.79 Å². The molecule has 2 saturated heterocycles. The normalized spacial score (nSPS) is 27.7. The maximum absolute atomic E-state index is 14.5. The molecule has 44 heavy (non-hydrogen) atoms. The predicted octanol–water partition coefficient (Wildman–Crippen LogP) is 4.49. The number of nitrogens with one attached hydrogen (secondary N) is 1. The van der Waals surface area contributed by atoms with E-state index < -0.39 is 54.1 Å². The molecule has 2 N–H and O–H groups in total. The second kappa shape index (κ2) is 12.3. The van der Waals surface area contributed by atoms with Crippen LogP contribution in [0, 0.1) is 38.5 Å². The topological polar surface area (TPSA) is 116 Å². The number of fused-ring (bicyclic) bond motifs is 1. The number of aryl methyl sites for hydroxylation is 3. The number of alkyl halides is 1. The minimum atomic E-state index is -4.06. The van der Waals surface area contributed by atoms with Gasteiger partial charge in [0, 0.05) is 43.5 Å². The summed E-state index contributed by atoms with van der Waals surface area (Å²) in [4.78, 5) is 31.8. The van der Waals surface area contributed by atoms with E-state index in [-0.39, 0.29) is 27.4 Å². The summed E-state index contributed by atoms with van der Waals surface area (Å²) in [5.41, 5.74) is 3.18. The van der Waals surface area contributed by atoms with Crippen molar-refractivity contribution in [2.45, 2.75) is 73.4 Å². The monoisotopic (exact) mass is 753 g/mol. The summed E-state index contributed by atoms with van der Waals surface area (Å²) in [6.45, 7) is 13.7. The van der Waals surface area contributed by atoms with Crippen molar-refractivity contribution in [1.82, 2.24) is 14.5 Å². The van der Waals surface area contributed by atoms with Gasteiger partial charge in [-0.2, -0.15) is 0 Å². The minimum absolute atomic E-state index is 0.0802. The fourth-order valence-corrected chi connectivity index (χ4v) is 11.1. The lowest BCUT2D eigenvalue weighted by molar-refractivity contribution is -0.144. The number of cyclic esters (lactones) is 1. The zero-order valence-electron chi connectivity index (χ0n) is 26.3. The molecule has 6 atom stereocenters. The summed E-state index contributed by atoms with van der Waals surface area (Å²) in [5.74, 6) is -1.99. The van der Waals surface area contributed by atoms with Gasteiger partial charge in [-0.1, -0.05) is 83.7 Å². The molecule has 1 spiro atoms. The van der Waals surface area contributed by atoms with Crippen molar-refractivity contribution in [2.24, 2.45) is 17.8 Å². The van der Waals surface area contributed by atoms with Crippen LogP contribution in [-0.2, 0) is 26.1 Å². The standard InChI is InChI=1S/C32H44IN3O6SSi/c1-20-8-11-24(12-9-20)43(40,41)34-26(17-37)28-27-25(18-42-30(27)38)29(33)32(28)19-35(13-14-44(4,5)6)31(39)36(32)16-23-10-7-21(2)15-22(23)3/h7-12,15,25-29,34,37H,13-14,16-19H2,1-6H3/t25-,26+,27+,28-,29+,32+/m0/s1. The number of carbonyl (C=O) groups is 2. The van der Waals surface area contributed by atoms with Crippen LogP contribution in [0.15, 0.2) is 47.4 Å². The fourth-order valence-electron chi connectivity index (χ4n) is 7.29. The van der Waals surface area contributed by atoms with Gasteiger partial charge in [-0.05, 0) is 50.1 Å². The lowest BCUT2D eigenvalue weighted by Gasteiger charge is -2.45. The number of sulfonamides is 1. The number of nitrogens with zero attached hydrogens (tertiary/aromatic N) is 2. The molecule has 1 aliphatic carbocycles. The predicted molar refractivity (Wildman–Crippen MR) is 181 cm³/mol. The summed E-state index contributed by atoms with van der Waals surface area (Å²) < 4.78 is 35.5. The molecule has 2 aromatic carbocycles. The van der Waals surface area contributed by atoms with E-state index in [9.17, 15) is 23.1 Å². The Balaban J connectivity index is 1.62. The molecule has 2 heterocycles. The molecule has 0 unspecified atom stereocenters. The molecule has 1 saturated carbocycles. The molecule has 3 fully saturated rings. The third-order valence-electron chi connectivity index (χ3n) is 9.64. The summed E-state index contributed by atoms with van der Waals surface area (Å²) in [6, 6.07) is 12.5. The van der Waals surface area contributed by atoms with Gasteiger partial charge >= 0.3 is 12.0 Å². The number of urea groups is 1. The molecule has 2 aliphatic heterocycles. The smallest absolute Gasteiger partial charge is 0.320 e. The van der Waals surface area contributed by atoms with E-state index >= 15 is 0 Å². The molecule has 0 aromatic heterocycles. The van der Waals surface area contributed by atoms with Crippen molar-refractivity contribution >= 4 is 52.7 Å². The lowest BCUT2D eigenvalue weighted by atomic mass is 9.77. The molecule has 9 nitrogen and oxygen atoms in total. The van der Waals surface area contributed by atoms with E-state index in [0.717, 1.165) is 28.3 Å². The van der Waals surface area contributed by atoms with E-state index in [1.165, 1.54) is 12.1 Å². The van der Waals surface area contributed by atoms with Crippen LogP contribution >= 0.6 is 22.6 Å². The summed E-state index contributed by atoms with van der Waals surface area (Å²) in [5, 5.41) is 10.9. The first-order chi connectivity index (χ1) is 20.6. The summed E-state index contributed by atoms with van der Waals surface area (Å²) in [7, 11) is -5.56. The van der Waals surface area contributed by atoms with Gasteiger partial charge in [0.25, 0.3) is 0 Å². The van der Waals surface area contributed by atoms with Crippen molar-refractivity contribution in [3.8, 4) is 0 Å². The Labute approximate surface area is 275 Å². The highest BCUT2D eigenvalue weighted by molar-refractivity contribution is 14.1. The van der Waals surface area contributed by atoms with Crippen LogP contribution in [0.1, 0.15) is 22.3 Å². The number of aliphatic hydroxyl groups excluding tert-OH is 1. The quantitative estimate of drug-likeness (QED) is 0.160. The van der Waals surface area contributed by atoms with Crippen molar-refractivity contribution in [3.05, 3.63) is 64.7 Å². The van der Waals surface area contributed by atoms with Crippen LogP contribution in [-0.4, -0.2) is 85.2 Å². The number of esters is 1. The number of rotatable bonds is 10. The third-order valence-corrected chi connectivity index (χ3v) is 14.9. The number of hydrogen-bond acceptors (Lipinski definition) is 6. The molecule has 240 valence electrons. The van der Waals surface area contributed by atoms with E-state index in [4.69, 9.17) is 4.74 Å². The molecule has 5 rings (SSSR count). The van der Waals surface area contributed by atoms with Crippen LogP contribution in [0.3, 0.4) is 0 Å². The number of hydrogen-bond donors (Lipinski definition) is 2. The highest BCUT2D eigenvalue weighted by Gasteiger charge is 2.72. The molecule has 0 bridgehead atoms. The fraction of sp³-hybridized carbons (Fsp3) is 0.562. The molecule has 0 radical (unpaired) electrons. The highest BCUT2D eigenvalue weighted by atomic mass is 127. The maximum atomic E-state index is 14.5. The number of amides is 2. The van der Waals surface area contributed by atoms with Gasteiger partial charge < -0.3 is 19.6 Å². The first-order valence-corrected chi connectivity index (χ1v) is 21.7. The number of ether oxygens (including phenoxy) is 1. The number of benzene rings is 2. The Morgan fingerprint density at radius 3 is 2.36 bits per heavy atom. The van der Waals surface area contributed by atoms with Crippen LogP contribution in [0.2, 0.25) is 25.7 Å². The zero-order valence-corrected chi connectivity index (χ0v) is 30.3. The first-order valence-electron chi connectivity index (χ1n) is 15.2. The largest absolute Gasteiger partial charge is 0.465 e. The van der Waals surface area contributed by atoms with Gasteiger partial charge in [-0.25, -0.2) is 17.9 Å². The van der Waals surface area contributed by atoms with E-state index in [0.29, 0.717) is 19.6 Å². The Morgan fingerprint density at radius 1 is 1.09 bits per heavy atom. The third kappa shape index (κ3) is 6.08. The average molecular weight is 754 g/mol. The maximum Gasteiger partial charge on any atom is 0.320 e. The molecular formula is C32H44IN3O6SSi. The molecule has 2 aromatic rings. The van der Waals surface area contributed by atoms with Gasteiger partial charge in [0.05, 0.1) is 35.6 Å². The Bertz CT molecular complexity index is 1530. The van der Waals surface area contributed by atoms with Gasteiger partial charge in [0.2, 0.25) is 10.0 Å². The van der Waals surface area contributed by atoms with Gasteiger partial charge in [0.15, 0.2) is 0 Å².